The highest BCUT2D eigenvalue weighted by Gasteiger charge is 2.90. The molecule has 0 aliphatic rings. The van der Waals surface area contributed by atoms with Crippen molar-refractivity contribution in [2.75, 3.05) is 19.8 Å². The average Bonchev–Trinajstić information content (AvgIpc) is 2.65. The van der Waals surface area contributed by atoms with Gasteiger partial charge < -0.3 is 0 Å². The molecule has 4 nitrogen and oxygen atoms in total. The zero-order valence-corrected chi connectivity index (χ0v) is 17.8. The van der Waals surface area contributed by atoms with Crippen LogP contribution in [0.2, 0.25) is 0 Å². The van der Waals surface area contributed by atoms with Gasteiger partial charge in [-0.2, -0.15) is 57.1 Å². The second kappa shape index (κ2) is 10.9. The van der Waals surface area contributed by atoms with Crippen LogP contribution in [0, 0.1) is 0 Å². The van der Waals surface area contributed by atoms with E-state index in [-0.39, 0.29) is 12.8 Å². The molecule has 0 fully saturated rings. The van der Waals surface area contributed by atoms with Crippen molar-refractivity contribution in [2.24, 2.45) is 0 Å². The quantitative estimate of drug-likeness (QED) is 0.122. The Hall–Kier alpha value is -0.800. The Balaban J connectivity index is 5.92. The summed E-state index contributed by atoms with van der Waals surface area (Å²) in [6.45, 7) is -1.04. The van der Waals surface area contributed by atoms with Gasteiger partial charge in [-0.05, 0) is 12.8 Å². The summed E-state index contributed by atoms with van der Waals surface area (Å²) < 4.78 is 195. The summed E-state index contributed by atoms with van der Waals surface area (Å²) in [6, 6.07) is 0. The second-order valence-corrected chi connectivity index (χ2v) is 8.26. The third-order valence-electron chi connectivity index (χ3n) is 3.90. The fourth-order valence-corrected chi connectivity index (χ4v) is 3.06. The van der Waals surface area contributed by atoms with Crippen molar-refractivity contribution in [1.82, 2.24) is 0 Å². The lowest BCUT2D eigenvalue weighted by atomic mass is 9.94. The Morgan fingerprint density at radius 3 is 1.27 bits per heavy atom. The number of unbranched alkanes of at least 4 members (excludes halogenated alkanes) is 2. The van der Waals surface area contributed by atoms with E-state index < -0.39 is 63.4 Å². The van der Waals surface area contributed by atoms with Gasteiger partial charge in [-0.1, -0.05) is 26.7 Å². The zero-order valence-electron chi connectivity index (χ0n) is 16.9. The molecule has 0 spiro atoms. The molecular weight excluding hydrogens is 522 g/mol. The van der Waals surface area contributed by atoms with Gasteiger partial charge in [0.1, 0.15) is 6.61 Å². The van der Waals surface area contributed by atoms with Crippen molar-refractivity contribution < 1.29 is 75.2 Å². The van der Waals surface area contributed by atoms with Crippen LogP contribution in [-0.4, -0.2) is 55.6 Å². The van der Waals surface area contributed by atoms with Crippen molar-refractivity contribution in [1.29, 1.82) is 0 Å². The number of hydrogen-bond acceptors (Lipinski definition) is 4. The molecule has 200 valence electrons. The highest BCUT2D eigenvalue weighted by Crippen LogP contribution is 2.61. The van der Waals surface area contributed by atoms with E-state index in [9.17, 15) is 61.6 Å². The monoisotopic (exact) mass is 542 g/mol. The van der Waals surface area contributed by atoms with E-state index in [0.29, 0.717) is 12.8 Å². The van der Waals surface area contributed by atoms with Crippen LogP contribution in [0.3, 0.4) is 0 Å². The van der Waals surface area contributed by atoms with Crippen LogP contribution in [-0.2, 0) is 18.1 Å². The van der Waals surface area contributed by atoms with Gasteiger partial charge in [-0.3, -0.25) is 13.6 Å². The molecule has 0 aliphatic heterocycles. The van der Waals surface area contributed by atoms with Gasteiger partial charge >= 0.3 is 43.6 Å². The van der Waals surface area contributed by atoms with Gasteiger partial charge in [0.05, 0.1) is 13.2 Å². The van der Waals surface area contributed by atoms with E-state index in [0.717, 1.165) is 0 Å². The van der Waals surface area contributed by atoms with Gasteiger partial charge in [0.25, 0.3) is 0 Å². The normalized spacial score (nSPS) is 15.2. The van der Waals surface area contributed by atoms with Crippen molar-refractivity contribution >= 4 is 7.82 Å². The van der Waals surface area contributed by atoms with Crippen LogP contribution in [0.25, 0.3) is 0 Å². The molecule has 0 saturated carbocycles. The predicted octanol–water partition coefficient (Wildman–Crippen LogP) is 7.48. The lowest BCUT2D eigenvalue weighted by molar-refractivity contribution is -0.440. The van der Waals surface area contributed by atoms with E-state index >= 15 is 0 Å². The van der Waals surface area contributed by atoms with Crippen LogP contribution >= 0.6 is 7.82 Å². The largest absolute Gasteiger partial charge is 0.474 e. The molecule has 0 amide bonds. The molecule has 0 rings (SSSR count). The van der Waals surface area contributed by atoms with Crippen molar-refractivity contribution in [2.45, 2.75) is 75.3 Å². The molecule has 0 N–H and O–H groups in total. The number of phosphoric acid groups is 1. The topological polar surface area (TPSA) is 44.8 Å². The third-order valence-corrected chi connectivity index (χ3v) is 5.34. The minimum absolute atomic E-state index is 0.0911. The zero-order chi connectivity index (χ0) is 26.6. The molecule has 18 heteroatoms. The summed E-state index contributed by atoms with van der Waals surface area (Å²) in [6.07, 6.45) is -6.60. The van der Waals surface area contributed by atoms with Crippen molar-refractivity contribution in [3.8, 4) is 0 Å². The molecule has 0 heterocycles. The summed E-state index contributed by atoms with van der Waals surface area (Å²) in [5.74, 6) is -37.9. The van der Waals surface area contributed by atoms with E-state index in [1.54, 1.807) is 13.8 Å². The lowest BCUT2D eigenvalue weighted by Gasteiger charge is -2.39. The van der Waals surface area contributed by atoms with Crippen LogP contribution in [0.5, 0.6) is 0 Å². The summed E-state index contributed by atoms with van der Waals surface area (Å²) in [5, 5.41) is 0. The number of rotatable bonds is 15. The highest BCUT2D eigenvalue weighted by atomic mass is 31.2. The first-order valence-electron chi connectivity index (χ1n) is 9.07. The Bertz CT molecular complexity index is 653. The second-order valence-electron chi connectivity index (χ2n) is 6.59. The molecule has 0 unspecified atom stereocenters. The molecule has 0 atom stereocenters. The predicted molar refractivity (Wildman–Crippen MR) is 86.1 cm³/mol. The minimum atomic E-state index is -8.02. The first kappa shape index (κ1) is 32.2. The third kappa shape index (κ3) is 6.66. The van der Waals surface area contributed by atoms with Crippen LogP contribution < -0.4 is 0 Å². The first-order chi connectivity index (χ1) is 14.6. The van der Waals surface area contributed by atoms with Crippen LogP contribution in [0.4, 0.5) is 57.1 Å². The van der Waals surface area contributed by atoms with Gasteiger partial charge in [0, 0.05) is 0 Å². The molecular formula is C15H20F13O4P. The fourth-order valence-electron chi connectivity index (χ4n) is 1.81. The van der Waals surface area contributed by atoms with E-state index in [2.05, 4.69) is 13.6 Å². The SMILES string of the molecule is CCCCOP(=O)(OCCCC)OCC(F)(F)C(F)(F)C(F)(F)C(F)(F)C(F)(F)C(F)(F)F. The molecule has 0 aromatic rings. The number of halogens is 13. The molecule has 0 bridgehead atoms. The molecule has 33 heavy (non-hydrogen) atoms. The number of hydrogen-bond donors (Lipinski definition) is 0. The summed E-state index contributed by atoms with van der Waals surface area (Å²) >= 11 is 0. The number of alkyl halides is 13. The minimum Gasteiger partial charge on any atom is -0.287 e. The first-order valence-corrected chi connectivity index (χ1v) is 10.5. The lowest BCUT2D eigenvalue weighted by Crippen LogP contribution is -2.70. The summed E-state index contributed by atoms with van der Waals surface area (Å²) in [5.41, 5.74) is 0. The maximum absolute atomic E-state index is 13.8. The average molecular weight is 542 g/mol. The summed E-state index contributed by atoms with van der Waals surface area (Å²) in [7, 11) is -5.17. The van der Waals surface area contributed by atoms with E-state index in [4.69, 9.17) is 0 Å². The smallest absolute Gasteiger partial charge is 0.287 e. The van der Waals surface area contributed by atoms with Crippen LogP contribution in [0.1, 0.15) is 39.5 Å². The van der Waals surface area contributed by atoms with Gasteiger partial charge in [-0.15, -0.1) is 0 Å². The van der Waals surface area contributed by atoms with Gasteiger partial charge in [0.15, 0.2) is 0 Å². The van der Waals surface area contributed by atoms with Crippen molar-refractivity contribution in [3.05, 3.63) is 0 Å². The van der Waals surface area contributed by atoms with Gasteiger partial charge in [0.2, 0.25) is 0 Å². The fraction of sp³-hybridized carbons (Fsp3) is 1.00. The maximum atomic E-state index is 13.8. The Morgan fingerprint density at radius 1 is 0.576 bits per heavy atom. The standard InChI is InChI=1S/C15H20F13O4P/c1-3-5-7-30-33(29,31-8-6-4-2)32-9-10(16,17)11(18,19)12(20,21)13(22,23)14(24,25)15(26,27)28/h3-9H2,1-2H3. The van der Waals surface area contributed by atoms with Gasteiger partial charge in [-0.25, -0.2) is 4.57 Å². The maximum Gasteiger partial charge on any atom is 0.474 e. The highest BCUT2D eigenvalue weighted by molar-refractivity contribution is 7.48. The van der Waals surface area contributed by atoms with Crippen LogP contribution in [0.15, 0.2) is 0 Å². The molecule has 0 aliphatic carbocycles. The van der Waals surface area contributed by atoms with E-state index in [1.807, 2.05) is 0 Å². The molecule has 0 radical (unpaired) electrons. The summed E-state index contributed by atoms with van der Waals surface area (Å²) in [4.78, 5) is 0. The molecule has 0 aromatic carbocycles. The Kier molecular flexibility index (Phi) is 10.6. The number of phosphoric ester groups is 1. The van der Waals surface area contributed by atoms with Crippen molar-refractivity contribution in [3.63, 3.8) is 0 Å². The van der Waals surface area contributed by atoms with E-state index in [1.165, 1.54) is 0 Å². The molecule has 0 aromatic heterocycles. The Morgan fingerprint density at radius 2 is 0.939 bits per heavy atom. The molecule has 0 saturated heterocycles. The Labute approximate surface area is 179 Å².